The van der Waals surface area contributed by atoms with E-state index in [2.05, 4.69) is 17.2 Å². The van der Waals surface area contributed by atoms with Gasteiger partial charge >= 0.3 is 0 Å². The fourth-order valence-corrected chi connectivity index (χ4v) is 2.40. The Hall–Kier alpha value is -1.45. The van der Waals surface area contributed by atoms with Crippen LogP contribution >= 0.6 is 11.6 Å². The molecule has 0 aliphatic heterocycles. The van der Waals surface area contributed by atoms with Crippen molar-refractivity contribution < 1.29 is 4.39 Å². The Morgan fingerprint density at radius 2 is 2.15 bits per heavy atom. The first-order chi connectivity index (χ1) is 9.63. The zero-order valence-electron chi connectivity index (χ0n) is 11.7. The summed E-state index contributed by atoms with van der Waals surface area (Å²) >= 11 is 6.19. The summed E-state index contributed by atoms with van der Waals surface area (Å²) in [5, 5.41) is 4.15. The highest BCUT2D eigenvalue weighted by Crippen LogP contribution is 2.28. The molecule has 1 aromatic carbocycles. The molecule has 1 unspecified atom stereocenters. The highest BCUT2D eigenvalue weighted by atomic mass is 35.5. The van der Waals surface area contributed by atoms with Gasteiger partial charge in [0.05, 0.1) is 12.2 Å². The van der Waals surface area contributed by atoms with E-state index in [1.165, 1.54) is 12.3 Å². The fourth-order valence-electron chi connectivity index (χ4n) is 2.22. The predicted octanol–water partition coefficient (Wildman–Crippen LogP) is 4.27. The topological polar surface area (TPSA) is 24.9 Å². The van der Waals surface area contributed by atoms with Gasteiger partial charge in [0.25, 0.3) is 0 Å². The van der Waals surface area contributed by atoms with E-state index in [9.17, 15) is 4.39 Å². The van der Waals surface area contributed by atoms with Gasteiger partial charge in [-0.3, -0.25) is 4.98 Å². The van der Waals surface area contributed by atoms with Crippen LogP contribution in [0.4, 0.5) is 4.39 Å². The van der Waals surface area contributed by atoms with E-state index in [4.69, 9.17) is 11.6 Å². The van der Waals surface area contributed by atoms with Gasteiger partial charge in [0.2, 0.25) is 0 Å². The van der Waals surface area contributed by atoms with Crippen molar-refractivity contribution in [2.24, 2.45) is 0 Å². The average Bonchev–Trinajstić information content (AvgIpc) is 2.44. The third-order valence-corrected chi connectivity index (χ3v) is 3.69. The molecule has 0 amide bonds. The molecule has 4 heteroatoms. The van der Waals surface area contributed by atoms with Crippen LogP contribution in [0.1, 0.15) is 36.1 Å². The third-order valence-electron chi connectivity index (χ3n) is 3.28. The molecule has 0 saturated heterocycles. The molecule has 1 N–H and O–H groups in total. The second-order valence-corrected chi connectivity index (χ2v) is 5.18. The number of hydrogen-bond acceptors (Lipinski definition) is 2. The minimum absolute atomic E-state index is 0.100. The molecule has 2 aromatic rings. The Kier molecular flexibility index (Phi) is 5.10. The number of pyridine rings is 1. The molecule has 0 saturated carbocycles. The summed E-state index contributed by atoms with van der Waals surface area (Å²) in [7, 11) is 0. The van der Waals surface area contributed by atoms with Crippen molar-refractivity contribution in [1.82, 2.24) is 10.3 Å². The van der Waals surface area contributed by atoms with Crippen LogP contribution in [-0.2, 0) is 0 Å². The van der Waals surface area contributed by atoms with E-state index in [0.29, 0.717) is 0 Å². The van der Waals surface area contributed by atoms with Gasteiger partial charge in [-0.25, -0.2) is 4.39 Å². The number of benzene rings is 1. The van der Waals surface area contributed by atoms with Crippen molar-refractivity contribution in [2.75, 3.05) is 6.54 Å². The predicted molar refractivity (Wildman–Crippen MR) is 80.5 cm³/mol. The Labute approximate surface area is 124 Å². The maximum absolute atomic E-state index is 13.4. The van der Waals surface area contributed by atoms with Crippen molar-refractivity contribution in [3.05, 3.63) is 64.2 Å². The third kappa shape index (κ3) is 3.35. The maximum atomic E-state index is 13.4. The van der Waals surface area contributed by atoms with Crippen molar-refractivity contribution in [3.63, 3.8) is 0 Å². The van der Waals surface area contributed by atoms with Crippen molar-refractivity contribution >= 4 is 11.6 Å². The molecule has 1 heterocycles. The molecule has 0 radical (unpaired) electrons. The van der Waals surface area contributed by atoms with Gasteiger partial charge < -0.3 is 5.32 Å². The lowest BCUT2D eigenvalue weighted by molar-refractivity contribution is 0.579. The Bertz CT molecular complexity index is 586. The fraction of sp³-hybridized carbons (Fsp3) is 0.312. The number of aromatic nitrogens is 1. The first-order valence-electron chi connectivity index (χ1n) is 6.72. The summed E-state index contributed by atoms with van der Waals surface area (Å²) in [6, 6.07) is 7.20. The quantitative estimate of drug-likeness (QED) is 0.890. The number of hydrogen-bond donors (Lipinski definition) is 1. The van der Waals surface area contributed by atoms with Crippen LogP contribution < -0.4 is 5.32 Å². The van der Waals surface area contributed by atoms with Crippen LogP contribution in [-0.4, -0.2) is 11.5 Å². The molecule has 0 bridgehead atoms. The minimum Gasteiger partial charge on any atom is -0.306 e. The molecule has 0 aliphatic rings. The van der Waals surface area contributed by atoms with Gasteiger partial charge in [-0.1, -0.05) is 30.7 Å². The van der Waals surface area contributed by atoms with Crippen LogP contribution in [0, 0.1) is 12.7 Å². The van der Waals surface area contributed by atoms with Gasteiger partial charge in [-0.15, -0.1) is 0 Å². The van der Waals surface area contributed by atoms with E-state index in [-0.39, 0.29) is 11.9 Å². The molecule has 106 valence electrons. The summed E-state index contributed by atoms with van der Waals surface area (Å²) in [6.07, 6.45) is 3.90. The van der Waals surface area contributed by atoms with Crippen LogP contribution in [0.3, 0.4) is 0 Å². The van der Waals surface area contributed by atoms with E-state index < -0.39 is 0 Å². The number of halogens is 2. The van der Waals surface area contributed by atoms with Crippen molar-refractivity contribution in [1.29, 1.82) is 0 Å². The molecular weight excluding hydrogens is 275 g/mol. The first kappa shape index (κ1) is 14.9. The lowest BCUT2D eigenvalue weighted by Crippen LogP contribution is -2.24. The number of rotatable bonds is 5. The second kappa shape index (κ2) is 6.82. The van der Waals surface area contributed by atoms with E-state index in [1.54, 1.807) is 6.20 Å². The van der Waals surface area contributed by atoms with Gasteiger partial charge in [0.1, 0.15) is 5.82 Å². The largest absolute Gasteiger partial charge is 0.306 e. The minimum atomic E-state index is -0.328. The average molecular weight is 293 g/mol. The molecule has 1 aromatic heterocycles. The summed E-state index contributed by atoms with van der Waals surface area (Å²) in [4.78, 5) is 3.94. The van der Waals surface area contributed by atoms with E-state index in [0.717, 1.165) is 34.7 Å². The molecular formula is C16H18ClFN2. The van der Waals surface area contributed by atoms with Gasteiger partial charge in [0.15, 0.2) is 0 Å². The summed E-state index contributed by atoms with van der Waals surface area (Å²) in [5.41, 5.74) is 2.87. The SMILES string of the molecule is CCCNC(c1cncc(F)c1)c1cccc(Cl)c1C. The highest BCUT2D eigenvalue weighted by molar-refractivity contribution is 6.31. The summed E-state index contributed by atoms with van der Waals surface area (Å²) in [6.45, 7) is 4.91. The molecule has 0 spiro atoms. The summed E-state index contributed by atoms with van der Waals surface area (Å²) in [5.74, 6) is -0.328. The number of nitrogens with one attached hydrogen (secondary N) is 1. The summed E-state index contributed by atoms with van der Waals surface area (Å²) < 4.78 is 13.4. The van der Waals surface area contributed by atoms with Crippen LogP contribution in [0.15, 0.2) is 36.7 Å². The lowest BCUT2D eigenvalue weighted by Gasteiger charge is -2.21. The first-order valence-corrected chi connectivity index (χ1v) is 7.10. The van der Waals surface area contributed by atoms with Crippen LogP contribution in [0.5, 0.6) is 0 Å². The Morgan fingerprint density at radius 1 is 1.35 bits per heavy atom. The van der Waals surface area contributed by atoms with Gasteiger partial charge in [-0.2, -0.15) is 0 Å². The molecule has 0 fully saturated rings. The molecule has 0 aliphatic carbocycles. The van der Waals surface area contributed by atoms with Crippen LogP contribution in [0.25, 0.3) is 0 Å². The standard InChI is InChI=1S/C16H18ClFN2/c1-3-7-20-16(12-8-13(18)10-19-9-12)14-5-4-6-15(17)11(14)2/h4-6,8-10,16,20H,3,7H2,1-2H3. The van der Waals surface area contributed by atoms with Gasteiger partial charge in [-0.05, 0) is 48.7 Å². The molecule has 2 nitrogen and oxygen atoms in total. The highest BCUT2D eigenvalue weighted by Gasteiger charge is 2.17. The second-order valence-electron chi connectivity index (χ2n) is 4.78. The maximum Gasteiger partial charge on any atom is 0.141 e. The molecule has 20 heavy (non-hydrogen) atoms. The van der Waals surface area contributed by atoms with E-state index in [1.807, 2.05) is 25.1 Å². The smallest absolute Gasteiger partial charge is 0.141 e. The van der Waals surface area contributed by atoms with Crippen molar-refractivity contribution in [3.8, 4) is 0 Å². The monoisotopic (exact) mass is 292 g/mol. The van der Waals surface area contributed by atoms with Crippen molar-refractivity contribution in [2.45, 2.75) is 26.3 Å². The lowest BCUT2D eigenvalue weighted by atomic mass is 9.96. The Balaban J connectivity index is 2.44. The normalized spacial score (nSPS) is 12.4. The zero-order chi connectivity index (χ0) is 14.5. The number of nitrogens with zero attached hydrogens (tertiary/aromatic N) is 1. The molecule has 2 rings (SSSR count). The zero-order valence-corrected chi connectivity index (χ0v) is 12.4. The molecule has 1 atom stereocenters. The Morgan fingerprint density at radius 3 is 2.85 bits per heavy atom. The van der Waals surface area contributed by atoms with Crippen LogP contribution in [0.2, 0.25) is 5.02 Å². The van der Waals surface area contributed by atoms with E-state index >= 15 is 0 Å². The van der Waals surface area contributed by atoms with Gasteiger partial charge in [0, 0.05) is 11.2 Å².